The molecule has 0 saturated heterocycles. The van der Waals surface area contributed by atoms with E-state index in [0.717, 1.165) is 12.8 Å². The van der Waals surface area contributed by atoms with Crippen molar-refractivity contribution in [2.75, 3.05) is 13.6 Å². The molecule has 1 rings (SSSR count). The number of rotatable bonds is 9. The van der Waals surface area contributed by atoms with Crippen molar-refractivity contribution in [3.8, 4) is 0 Å². The number of unbranched alkanes of at least 4 members (excludes halogenated alkanes) is 1. The second-order valence-electron chi connectivity index (χ2n) is 5.43. The zero-order chi connectivity index (χ0) is 16.0. The van der Waals surface area contributed by atoms with Gasteiger partial charge in [-0.2, -0.15) is 0 Å². The first-order chi connectivity index (χ1) is 9.78. The Kier molecular flexibility index (Phi) is 6.64. The van der Waals surface area contributed by atoms with Gasteiger partial charge in [0, 0.05) is 25.7 Å². The zero-order valence-corrected chi connectivity index (χ0v) is 14.2. The Morgan fingerprint density at radius 3 is 2.71 bits per heavy atom. The predicted octanol–water partition coefficient (Wildman–Crippen LogP) is 2.67. The molecular weight excluding hydrogens is 288 g/mol. The fraction of sp³-hybridized carbons (Fsp3) is 0.600. The Labute approximate surface area is 128 Å². The number of nitrogens with zero attached hydrogens (tertiary/aromatic N) is 1. The maximum absolute atomic E-state index is 12.5. The lowest BCUT2D eigenvalue weighted by Gasteiger charge is -2.15. The number of furan rings is 1. The molecule has 0 bridgehead atoms. The van der Waals surface area contributed by atoms with Gasteiger partial charge in [0.15, 0.2) is 0 Å². The van der Waals surface area contributed by atoms with Crippen LogP contribution in [0.15, 0.2) is 28.0 Å². The van der Waals surface area contributed by atoms with Crippen LogP contribution < -0.4 is 5.32 Å². The highest BCUT2D eigenvalue weighted by molar-refractivity contribution is 7.89. The number of hydrogen-bond donors (Lipinski definition) is 1. The predicted molar refractivity (Wildman–Crippen MR) is 84.7 cm³/mol. The average molecular weight is 314 g/mol. The molecular formula is C15H26N2O3S. The fourth-order valence-electron chi connectivity index (χ4n) is 1.92. The summed E-state index contributed by atoms with van der Waals surface area (Å²) in [5.41, 5.74) is 0. The number of nitrogens with one attached hydrogen (secondary N) is 1. The van der Waals surface area contributed by atoms with Crippen LogP contribution in [0.3, 0.4) is 0 Å². The van der Waals surface area contributed by atoms with Gasteiger partial charge in [-0.3, -0.25) is 0 Å². The highest BCUT2D eigenvalue weighted by Gasteiger charge is 2.25. The molecule has 0 spiro atoms. The molecule has 0 unspecified atom stereocenters. The lowest BCUT2D eigenvalue weighted by molar-refractivity contribution is 0.439. The van der Waals surface area contributed by atoms with Crippen LogP contribution >= 0.6 is 0 Å². The molecule has 0 radical (unpaired) electrons. The smallest absolute Gasteiger partial charge is 0.246 e. The van der Waals surface area contributed by atoms with Crippen LogP contribution in [0.2, 0.25) is 0 Å². The second-order valence-corrected chi connectivity index (χ2v) is 7.44. The first kappa shape index (κ1) is 17.9. The van der Waals surface area contributed by atoms with Gasteiger partial charge >= 0.3 is 0 Å². The molecule has 0 saturated carbocycles. The average Bonchev–Trinajstić information content (AvgIpc) is 2.78. The molecule has 0 fully saturated rings. The van der Waals surface area contributed by atoms with Crippen molar-refractivity contribution >= 4 is 10.0 Å². The van der Waals surface area contributed by atoms with Crippen LogP contribution in [-0.2, 0) is 16.6 Å². The Hall–Kier alpha value is -1.11. The van der Waals surface area contributed by atoms with E-state index in [1.165, 1.54) is 4.31 Å². The molecule has 0 atom stereocenters. The molecule has 0 aliphatic heterocycles. The summed E-state index contributed by atoms with van der Waals surface area (Å²) in [5.74, 6) is 1.07. The second kappa shape index (κ2) is 7.77. The van der Waals surface area contributed by atoms with E-state index in [0.29, 0.717) is 30.7 Å². The molecule has 0 aliphatic carbocycles. The van der Waals surface area contributed by atoms with Crippen molar-refractivity contribution in [3.63, 3.8) is 0 Å². The third kappa shape index (κ3) is 4.98. The minimum atomic E-state index is -3.49. The lowest BCUT2D eigenvalue weighted by atomic mass is 10.3. The van der Waals surface area contributed by atoms with Crippen LogP contribution in [0.1, 0.15) is 38.2 Å². The van der Waals surface area contributed by atoms with E-state index in [2.05, 4.69) is 11.9 Å². The number of aryl methyl sites for hydroxylation is 1. The van der Waals surface area contributed by atoms with Gasteiger partial charge in [0.2, 0.25) is 10.0 Å². The van der Waals surface area contributed by atoms with Crippen molar-refractivity contribution < 1.29 is 12.8 Å². The summed E-state index contributed by atoms with van der Waals surface area (Å²) in [6, 6.07) is 1.93. The Morgan fingerprint density at radius 1 is 1.48 bits per heavy atom. The summed E-state index contributed by atoms with van der Waals surface area (Å²) >= 11 is 0. The topological polar surface area (TPSA) is 62.6 Å². The maximum atomic E-state index is 12.5. The van der Waals surface area contributed by atoms with Gasteiger partial charge in [0.1, 0.15) is 16.4 Å². The Morgan fingerprint density at radius 2 is 2.14 bits per heavy atom. The van der Waals surface area contributed by atoms with E-state index in [9.17, 15) is 8.42 Å². The summed E-state index contributed by atoms with van der Waals surface area (Å²) in [5, 5.41) is 3.21. The van der Waals surface area contributed by atoms with Crippen LogP contribution in [0.5, 0.6) is 0 Å². The van der Waals surface area contributed by atoms with E-state index in [1.807, 2.05) is 13.8 Å². The van der Waals surface area contributed by atoms with Gasteiger partial charge in [-0.05, 0) is 19.8 Å². The Bertz CT molecular complexity index is 561. The third-order valence-electron chi connectivity index (χ3n) is 3.18. The quantitative estimate of drug-likeness (QED) is 0.562. The fourth-order valence-corrected chi connectivity index (χ4v) is 3.31. The van der Waals surface area contributed by atoms with Gasteiger partial charge in [-0.1, -0.05) is 19.9 Å². The SMILES string of the molecule is C=CCCCN(C)S(=O)(=O)c1cc(CNC(C)C)oc1C. The Balaban J connectivity index is 2.85. The number of sulfonamides is 1. The number of allylic oxidation sites excluding steroid dienone is 1. The zero-order valence-electron chi connectivity index (χ0n) is 13.3. The molecule has 1 heterocycles. The molecule has 0 aromatic carbocycles. The maximum Gasteiger partial charge on any atom is 0.246 e. The van der Waals surface area contributed by atoms with Gasteiger partial charge in [0.05, 0.1) is 6.54 Å². The van der Waals surface area contributed by atoms with E-state index in [-0.39, 0.29) is 4.90 Å². The summed E-state index contributed by atoms with van der Waals surface area (Å²) in [6.07, 6.45) is 3.35. The van der Waals surface area contributed by atoms with Gasteiger partial charge in [-0.25, -0.2) is 12.7 Å². The third-order valence-corrected chi connectivity index (χ3v) is 5.14. The highest BCUT2D eigenvalue weighted by atomic mass is 32.2. The van der Waals surface area contributed by atoms with Crippen LogP contribution in [0.25, 0.3) is 0 Å². The summed E-state index contributed by atoms with van der Waals surface area (Å²) in [6.45, 7) is 10.4. The molecule has 1 aromatic heterocycles. The minimum Gasteiger partial charge on any atom is -0.464 e. The van der Waals surface area contributed by atoms with Gasteiger partial charge in [0.25, 0.3) is 0 Å². The lowest BCUT2D eigenvalue weighted by Crippen LogP contribution is -2.28. The first-order valence-electron chi connectivity index (χ1n) is 7.19. The summed E-state index contributed by atoms with van der Waals surface area (Å²) in [7, 11) is -1.90. The van der Waals surface area contributed by atoms with Gasteiger partial charge < -0.3 is 9.73 Å². The molecule has 1 aromatic rings. The van der Waals surface area contributed by atoms with Crippen LogP contribution in [0.4, 0.5) is 0 Å². The molecule has 0 aliphatic rings. The van der Waals surface area contributed by atoms with Crippen molar-refractivity contribution in [2.45, 2.75) is 51.1 Å². The van der Waals surface area contributed by atoms with Crippen molar-refractivity contribution in [2.24, 2.45) is 0 Å². The van der Waals surface area contributed by atoms with E-state index >= 15 is 0 Å². The van der Waals surface area contributed by atoms with Crippen LogP contribution in [0, 0.1) is 6.92 Å². The monoisotopic (exact) mass is 314 g/mol. The summed E-state index contributed by atoms with van der Waals surface area (Å²) in [4.78, 5) is 0.254. The normalized spacial score (nSPS) is 12.3. The molecule has 21 heavy (non-hydrogen) atoms. The summed E-state index contributed by atoms with van der Waals surface area (Å²) < 4.78 is 31.9. The molecule has 5 nitrogen and oxygen atoms in total. The van der Waals surface area contributed by atoms with E-state index in [1.54, 1.807) is 26.1 Å². The molecule has 6 heteroatoms. The van der Waals surface area contributed by atoms with Gasteiger partial charge in [-0.15, -0.1) is 6.58 Å². The number of hydrogen-bond acceptors (Lipinski definition) is 4. The van der Waals surface area contributed by atoms with Crippen LogP contribution in [-0.4, -0.2) is 32.4 Å². The highest BCUT2D eigenvalue weighted by Crippen LogP contribution is 2.23. The van der Waals surface area contributed by atoms with Crippen molar-refractivity contribution in [3.05, 3.63) is 30.2 Å². The largest absolute Gasteiger partial charge is 0.464 e. The molecule has 1 N–H and O–H groups in total. The minimum absolute atomic E-state index is 0.254. The molecule has 120 valence electrons. The first-order valence-corrected chi connectivity index (χ1v) is 8.63. The molecule has 0 amide bonds. The van der Waals surface area contributed by atoms with E-state index in [4.69, 9.17) is 4.42 Å². The van der Waals surface area contributed by atoms with E-state index < -0.39 is 10.0 Å². The van der Waals surface area contributed by atoms with Crippen molar-refractivity contribution in [1.82, 2.24) is 9.62 Å². The standard InChI is InChI=1S/C15H26N2O3S/c1-6-7-8-9-17(5)21(18,19)15-10-14(20-13(15)4)11-16-12(2)3/h6,10,12,16H,1,7-9,11H2,2-5H3. The van der Waals surface area contributed by atoms with Crippen molar-refractivity contribution in [1.29, 1.82) is 0 Å².